The van der Waals surface area contributed by atoms with Gasteiger partial charge in [0.15, 0.2) is 0 Å². The van der Waals surface area contributed by atoms with Crippen LogP contribution in [0.4, 0.5) is 30.7 Å². The van der Waals surface area contributed by atoms with Crippen LogP contribution in [0.15, 0.2) is 23.0 Å². The molecule has 0 radical (unpaired) electrons. The van der Waals surface area contributed by atoms with Crippen LogP contribution in [0, 0.1) is 24.1 Å². The summed E-state index contributed by atoms with van der Waals surface area (Å²) in [4.78, 5) is 13.9. The lowest BCUT2D eigenvalue weighted by atomic mass is 9.93. The molecule has 3 nitrogen and oxygen atoms in total. The van der Waals surface area contributed by atoms with Gasteiger partial charge in [-0.05, 0) is 25.1 Å². The molecule has 2 rings (SSSR count). The van der Waals surface area contributed by atoms with Gasteiger partial charge in [-0.3, -0.25) is 4.79 Å². The van der Waals surface area contributed by atoms with Gasteiger partial charge in [-0.2, -0.15) is 31.6 Å². The fourth-order valence-electron chi connectivity index (χ4n) is 2.26. The van der Waals surface area contributed by atoms with E-state index in [1.807, 2.05) is 0 Å². The van der Waals surface area contributed by atoms with Crippen molar-refractivity contribution in [3.05, 3.63) is 56.8 Å². The average molecular weight is 364 g/mol. The molecular formula is C15H7F7N2O. The quantitative estimate of drug-likeness (QED) is 0.763. The Kier molecular flexibility index (Phi) is 4.38. The van der Waals surface area contributed by atoms with Crippen molar-refractivity contribution >= 4 is 0 Å². The van der Waals surface area contributed by atoms with Crippen LogP contribution in [0.5, 0.6) is 0 Å². The zero-order valence-corrected chi connectivity index (χ0v) is 12.2. The number of benzene rings is 1. The maximum atomic E-state index is 14.2. The first kappa shape index (κ1) is 18.5. The van der Waals surface area contributed by atoms with Gasteiger partial charge in [0.05, 0.1) is 11.1 Å². The van der Waals surface area contributed by atoms with E-state index >= 15 is 0 Å². The van der Waals surface area contributed by atoms with Gasteiger partial charge in [0.25, 0.3) is 5.56 Å². The molecule has 0 aliphatic rings. The minimum absolute atomic E-state index is 0.00595. The van der Waals surface area contributed by atoms with E-state index in [-0.39, 0.29) is 17.8 Å². The highest BCUT2D eigenvalue weighted by Crippen LogP contribution is 2.42. The SMILES string of the molecule is Cc1cc(-c2c(F)cc(C(F)(F)F)cc2C(F)(F)F)c(C#N)c(=O)[nH]1. The largest absolute Gasteiger partial charge is 0.417 e. The summed E-state index contributed by atoms with van der Waals surface area (Å²) in [5, 5.41) is 8.97. The van der Waals surface area contributed by atoms with Crippen LogP contribution in [0.2, 0.25) is 0 Å². The Bertz CT molecular complexity index is 933. The van der Waals surface area contributed by atoms with Crippen molar-refractivity contribution in [1.29, 1.82) is 5.26 Å². The van der Waals surface area contributed by atoms with E-state index < -0.39 is 51.5 Å². The summed E-state index contributed by atoms with van der Waals surface area (Å²) in [5.74, 6) is -1.84. The number of alkyl halides is 6. The first-order chi connectivity index (χ1) is 11.4. The fourth-order valence-corrected chi connectivity index (χ4v) is 2.26. The summed E-state index contributed by atoms with van der Waals surface area (Å²) in [6.45, 7) is 1.27. The summed E-state index contributed by atoms with van der Waals surface area (Å²) in [5.41, 5.74) is -7.69. The Morgan fingerprint density at radius 3 is 2.12 bits per heavy atom. The molecule has 0 aliphatic heterocycles. The number of aryl methyl sites for hydroxylation is 1. The third kappa shape index (κ3) is 3.50. The number of hydrogen-bond donors (Lipinski definition) is 1. The summed E-state index contributed by atoms with van der Waals surface area (Å²) in [6, 6.07) is 1.87. The van der Waals surface area contributed by atoms with Gasteiger partial charge in [-0.1, -0.05) is 0 Å². The van der Waals surface area contributed by atoms with Gasteiger partial charge < -0.3 is 4.98 Å². The van der Waals surface area contributed by atoms with E-state index in [1.54, 1.807) is 0 Å². The number of halogens is 7. The molecule has 0 bridgehead atoms. The lowest BCUT2D eigenvalue weighted by molar-refractivity contribution is -0.143. The highest BCUT2D eigenvalue weighted by atomic mass is 19.4. The molecule has 0 atom stereocenters. The molecule has 1 aromatic heterocycles. The summed E-state index contributed by atoms with van der Waals surface area (Å²) in [6.07, 6.45) is -10.6. The second-order valence-electron chi connectivity index (χ2n) is 5.06. The Labute approximate surface area is 135 Å². The number of pyridine rings is 1. The van der Waals surface area contributed by atoms with E-state index in [0.29, 0.717) is 0 Å². The Morgan fingerprint density at radius 2 is 1.64 bits per heavy atom. The van der Waals surface area contributed by atoms with Gasteiger partial charge in [0.2, 0.25) is 0 Å². The Morgan fingerprint density at radius 1 is 1.04 bits per heavy atom. The van der Waals surface area contributed by atoms with Crippen LogP contribution in [0.3, 0.4) is 0 Å². The molecule has 0 aliphatic carbocycles. The molecule has 0 fully saturated rings. The number of H-pyrrole nitrogens is 1. The summed E-state index contributed by atoms with van der Waals surface area (Å²) in [7, 11) is 0. The maximum absolute atomic E-state index is 14.2. The third-order valence-electron chi connectivity index (χ3n) is 3.27. The van der Waals surface area contributed by atoms with E-state index in [0.717, 1.165) is 6.07 Å². The molecule has 1 N–H and O–H groups in total. The molecule has 25 heavy (non-hydrogen) atoms. The minimum atomic E-state index is -5.35. The Balaban J connectivity index is 2.98. The smallest absolute Gasteiger partial charge is 0.325 e. The number of nitrogens with one attached hydrogen (secondary N) is 1. The molecule has 1 aromatic carbocycles. The van der Waals surface area contributed by atoms with Gasteiger partial charge in [-0.15, -0.1) is 0 Å². The van der Waals surface area contributed by atoms with E-state index in [2.05, 4.69) is 4.98 Å². The van der Waals surface area contributed by atoms with Crippen molar-refractivity contribution in [3.8, 4) is 17.2 Å². The number of nitriles is 1. The molecule has 0 amide bonds. The molecule has 10 heteroatoms. The van der Waals surface area contributed by atoms with Crippen molar-refractivity contribution in [1.82, 2.24) is 4.98 Å². The Hall–Kier alpha value is -2.83. The van der Waals surface area contributed by atoms with E-state index in [9.17, 15) is 35.5 Å². The van der Waals surface area contributed by atoms with Gasteiger partial charge in [0.1, 0.15) is 17.4 Å². The van der Waals surface area contributed by atoms with E-state index in [4.69, 9.17) is 5.26 Å². The average Bonchev–Trinajstić information content (AvgIpc) is 2.43. The fraction of sp³-hybridized carbons (Fsp3) is 0.200. The number of nitrogens with zero attached hydrogens (tertiary/aromatic N) is 1. The molecule has 0 saturated heterocycles. The number of rotatable bonds is 1. The number of aromatic nitrogens is 1. The van der Waals surface area contributed by atoms with Crippen molar-refractivity contribution in [3.63, 3.8) is 0 Å². The second-order valence-corrected chi connectivity index (χ2v) is 5.06. The third-order valence-corrected chi connectivity index (χ3v) is 3.27. The van der Waals surface area contributed by atoms with E-state index in [1.165, 1.54) is 13.0 Å². The van der Waals surface area contributed by atoms with Gasteiger partial charge in [0, 0.05) is 16.8 Å². The standard InChI is InChI=1S/C15H7F7N2O/c1-6-2-8(9(5-23)13(25)24-6)12-10(15(20,21)22)3-7(4-11(12)16)14(17,18)19/h2-4H,1H3,(H,24,25). The van der Waals surface area contributed by atoms with Crippen LogP contribution in [-0.4, -0.2) is 4.98 Å². The predicted molar refractivity (Wildman–Crippen MR) is 71.9 cm³/mol. The molecule has 0 spiro atoms. The molecule has 0 unspecified atom stereocenters. The minimum Gasteiger partial charge on any atom is -0.325 e. The van der Waals surface area contributed by atoms with Crippen LogP contribution >= 0.6 is 0 Å². The van der Waals surface area contributed by atoms with Crippen molar-refractivity contribution in [2.45, 2.75) is 19.3 Å². The predicted octanol–water partition coefficient (Wildman–Crippen LogP) is 4.40. The molecule has 2 aromatic rings. The number of hydrogen-bond acceptors (Lipinski definition) is 2. The van der Waals surface area contributed by atoms with Crippen LogP contribution in [0.1, 0.15) is 22.4 Å². The van der Waals surface area contributed by atoms with Crippen molar-refractivity contribution in [2.24, 2.45) is 0 Å². The summed E-state index contributed by atoms with van der Waals surface area (Å²) >= 11 is 0. The van der Waals surface area contributed by atoms with Crippen molar-refractivity contribution in [2.75, 3.05) is 0 Å². The topological polar surface area (TPSA) is 56.6 Å². The lowest BCUT2D eigenvalue weighted by Gasteiger charge is -2.18. The zero-order chi connectivity index (χ0) is 19.2. The first-order valence-electron chi connectivity index (χ1n) is 6.48. The van der Waals surface area contributed by atoms with Crippen molar-refractivity contribution < 1.29 is 30.7 Å². The van der Waals surface area contributed by atoms with Crippen LogP contribution in [-0.2, 0) is 12.4 Å². The molecule has 132 valence electrons. The molecule has 1 heterocycles. The lowest BCUT2D eigenvalue weighted by Crippen LogP contribution is -2.17. The van der Waals surface area contributed by atoms with Crippen LogP contribution in [0.25, 0.3) is 11.1 Å². The second kappa shape index (κ2) is 5.91. The van der Waals surface area contributed by atoms with Gasteiger partial charge >= 0.3 is 12.4 Å². The van der Waals surface area contributed by atoms with Gasteiger partial charge in [-0.25, -0.2) is 4.39 Å². The molecular weight excluding hydrogens is 357 g/mol. The first-order valence-corrected chi connectivity index (χ1v) is 6.48. The summed E-state index contributed by atoms with van der Waals surface area (Å²) < 4.78 is 92.0. The highest BCUT2D eigenvalue weighted by Gasteiger charge is 2.40. The normalized spacial score (nSPS) is 12.1. The maximum Gasteiger partial charge on any atom is 0.417 e. The molecule has 0 saturated carbocycles. The highest BCUT2D eigenvalue weighted by molar-refractivity contribution is 5.75. The monoisotopic (exact) mass is 364 g/mol. The zero-order valence-electron chi connectivity index (χ0n) is 12.2. The van der Waals surface area contributed by atoms with Crippen LogP contribution < -0.4 is 5.56 Å². The number of aromatic amines is 1.